The van der Waals surface area contributed by atoms with E-state index in [-0.39, 0.29) is 45.3 Å². The number of nitrogens with one attached hydrogen (secondary N) is 1. The summed E-state index contributed by atoms with van der Waals surface area (Å²) in [5.41, 5.74) is -1.65. The first-order valence-corrected chi connectivity index (χ1v) is 12.6. The molecule has 204 valence electrons. The zero-order chi connectivity index (χ0) is 28.7. The lowest BCUT2D eigenvalue weighted by Crippen LogP contribution is -2.32. The zero-order valence-electron chi connectivity index (χ0n) is 19.4. The van der Waals surface area contributed by atoms with Crippen molar-refractivity contribution in [2.45, 2.75) is 10.5 Å². The molecular weight excluding hydrogens is 565 g/mol. The molecule has 0 aromatic heterocycles. The number of sulfonamides is 1. The maximum absolute atomic E-state index is 14.2. The molecule has 2 aliphatic rings. The van der Waals surface area contributed by atoms with Gasteiger partial charge in [-0.15, -0.1) is 0 Å². The maximum Gasteiger partial charge on any atom is 0.340 e. The topological polar surface area (TPSA) is 122 Å². The average Bonchev–Trinajstić information content (AvgIpc) is 3.17. The summed E-state index contributed by atoms with van der Waals surface area (Å²) in [4.78, 5) is 11.0. The van der Waals surface area contributed by atoms with Crippen LogP contribution in [-0.2, 0) is 20.4 Å². The first-order valence-electron chi connectivity index (χ1n) is 11.1. The highest BCUT2D eigenvalue weighted by atomic mass is 32.2. The summed E-state index contributed by atoms with van der Waals surface area (Å²) in [5, 5.41) is 19.9. The van der Waals surface area contributed by atoms with Crippen LogP contribution in [0.25, 0.3) is 0 Å². The molecule has 2 heterocycles. The van der Waals surface area contributed by atoms with Gasteiger partial charge in [0.2, 0.25) is 5.82 Å². The van der Waals surface area contributed by atoms with Crippen LogP contribution in [0.4, 0.5) is 27.6 Å². The van der Waals surface area contributed by atoms with Gasteiger partial charge >= 0.3 is 5.97 Å². The summed E-state index contributed by atoms with van der Waals surface area (Å²) < 4.78 is 108. The number of halogens is 5. The fraction of sp³-hybridized carbons (Fsp3) is 0.0385. The fourth-order valence-corrected chi connectivity index (χ4v) is 5.99. The van der Waals surface area contributed by atoms with Gasteiger partial charge in [0.1, 0.15) is 23.0 Å². The quantitative estimate of drug-likeness (QED) is 0.133. The molecule has 0 saturated heterocycles. The monoisotopic (exact) mass is 577 g/mol. The third kappa shape index (κ3) is 3.42. The van der Waals surface area contributed by atoms with Gasteiger partial charge in [-0.05, 0) is 36.4 Å². The van der Waals surface area contributed by atoms with Gasteiger partial charge in [-0.2, -0.15) is 0 Å². The lowest BCUT2D eigenvalue weighted by molar-refractivity contribution is 0.0224. The van der Waals surface area contributed by atoms with E-state index in [2.05, 4.69) is 0 Å². The van der Waals surface area contributed by atoms with Crippen LogP contribution in [-0.4, -0.2) is 24.6 Å². The highest BCUT2D eigenvalue weighted by Gasteiger charge is 2.53. The minimum atomic E-state index is -5.39. The summed E-state index contributed by atoms with van der Waals surface area (Å²) in [6.45, 7) is 0. The number of carbonyl (C=O) groups excluding carboxylic acids is 1. The molecule has 0 radical (unpaired) electrons. The summed E-state index contributed by atoms with van der Waals surface area (Å²) in [5.74, 6) is -13.7. The van der Waals surface area contributed by atoms with Crippen LogP contribution >= 0.6 is 0 Å². The Morgan fingerprint density at radius 1 is 0.700 bits per heavy atom. The number of aromatic hydroxyl groups is 2. The van der Waals surface area contributed by atoms with E-state index < -0.39 is 61.3 Å². The molecule has 0 unspecified atom stereocenters. The SMILES string of the molecule is O=C1OC2(c3ccc(O)cc3Oc3cc(O)ccc32)c2ccc(NS(=O)(=O)c3c(F)c(F)c(F)c(F)c3F)cc21. The first kappa shape index (κ1) is 25.4. The van der Waals surface area contributed by atoms with Crippen LogP contribution in [0.15, 0.2) is 59.5 Å². The van der Waals surface area contributed by atoms with Crippen molar-refractivity contribution in [1.82, 2.24) is 0 Å². The van der Waals surface area contributed by atoms with Crippen molar-refractivity contribution >= 4 is 21.7 Å². The Morgan fingerprint density at radius 2 is 1.20 bits per heavy atom. The van der Waals surface area contributed by atoms with Gasteiger partial charge in [-0.3, -0.25) is 4.72 Å². The number of fused-ring (bicyclic) bond motifs is 6. The van der Waals surface area contributed by atoms with Crippen molar-refractivity contribution in [1.29, 1.82) is 0 Å². The lowest BCUT2D eigenvalue weighted by Gasteiger charge is -2.36. The van der Waals surface area contributed by atoms with Crippen LogP contribution in [0.2, 0.25) is 0 Å². The molecule has 1 spiro atoms. The number of hydrogen-bond acceptors (Lipinski definition) is 7. The minimum absolute atomic E-state index is 0.0786. The predicted molar refractivity (Wildman–Crippen MR) is 125 cm³/mol. The smallest absolute Gasteiger partial charge is 0.340 e. The van der Waals surface area contributed by atoms with Crippen molar-refractivity contribution in [3.05, 3.63) is 106 Å². The Bertz CT molecular complexity index is 1830. The lowest BCUT2D eigenvalue weighted by atomic mass is 9.77. The average molecular weight is 577 g/mol. The molecule has 0 aliphatic carbocycles. The van der Waals surface area contributed by atoms with Gasteiger partial charge in [0.15, 0.2) is 33.8 Å². The highest BCUT2D eigenvalue weighted by molar-refractivity contribution is 7.92. The molecule has 0 bridgehead atoms. The highest BCUT2D eigenvalue weighted by Crippen LogP contribution is 2.57. The second kappa shape index (κ2) is 8.32. The van der Waals surface area contributed by atoms with Gasteiger partial charge < -0.3 is 19.7 Å². The van der Waals surface area contributed by atoms with Crippen molar-refractivity contribution in [3.8, 4) is 23.0 Å². The van der Waals surface area contributed by atoms with Gasteiger partial charge in [-0.25, -0.2) is 35.2 Å². The summed E-state index contributed by atoms with van der Waals surface area (Å²) >= 11 is 0. The number of benzene rings is 4. The Kier molecular flexibility index (Phi) is 5.29. The number of phenols is 2. The van der Waals surface area contributed by atoms with Gasteiger partial charge in [-0.1, -0.05) is 6.07 Å². The summed E-state index contributed by atoms with van der Waals surface area (Å²) in [7, 11) is -5.39. The van der Waals surface area contributed by atoms with E-state index in [1.54, 1.807) is 4.72 Å². The molecule has 4 aromatic carbocycles. The summed E-state index contributed by atoms with van der Waals surface area (Å²) in [6, 6.07) is 11.3. The van der Waals surface area contributed by atoms with Crippen molar-refractivity contribution in [3.63, 3.8) is 0 Å². The zero-order valence-corrected chi connectivity index (χ0v) is 20.2. The molecule has 0 amide bonds. The number of hydrogen-bond donors (Lipinski definition) is 3. The van der Waals surface area contributed by atoms with Crippen LogP contribution in [0.5, 0.6) is 23.0 Å². The number of anilines is 1. The molecule has 0 fully saturated rings. The number of rotatable bonds is 3. The Labute approximate surface area is 220 Å². The molecule has 8 nitrogen and oxygen atoms in total. The molecule has 0 saturated carbocycles. The molecule has 40 heavy (non-hydrogen) atoms. The molecule has 14 heteroatoms. The van der Waals surface area contributed by atoms with Crippen molar-refractivity contribution in [2.24, 2.45) is 0 Å². The van der Waals surface area contributed by atoms with Gasteiger partial charge in [0.05, 0.1) is 5.56 Å². The van der Waals surface area contributed by atoms with E-state index in [9.17, 15) is 45.4 Å². The van der Waals surface area contributed by atoms with Gasteiger partial charge in [0.25, 0.3) is 10.0 Å². The fourth-order valence-electron chi connectivity index (χ4n) is 4.80. The summed E-state index contributed by atoms with van der Waals surface area (Å²) in [6.07, 6.45) is 0. The Morgan fingerprint density at radius 3 is 1.75 bits per heavy atom. The number of esters is 1. The minimum Gasteiger partial charge on any atom is -0.508 e. The predicted octanol–water partition coefficient (Wildman–Crippen LogP) is 5.16. The molecule has 6 rings (SSSR count). The van der Waals surface area contributed by atoms with Crippen LogP contribution in [0.3, 0.4) is 0 Å². The third-order valence-electron chi connectivity index (χ3n) is 6.46. The van der Waals surface area contributed by atoms with E-state index in [4.69, 9.17) is 9.47 Å². The molecule has 3 N–H and O–H groups in total. The standard InChI is InChI=1S/C26H12F5NO7S/c27-19-20(28)22(30)24(23(31)21(19)29)40(36,37)32-10-1-4-14-13(7-10)25(35)39-26(14)15-5-2-11(33)8-17(15)38-18-9-12(34)3-6-16(18)26/h1-9,32-34H. The maximum atomic E-state index is 14.2. The largest absolute Gasteiger partial charge is 0.508 e. The van der Waals surface area contributed by atoms with E-state index >= 15 is 0 Å². The van der Waals surface area contributed by atoms with Crippen molar-refractivity contribution in [2.75, 3.05) is 4.72 Å². The molecule has 0 atom stereocenters. The number of phenolic OH excluding ortho intramolecular Hbond substituents is 2. The van der Waals surface area contributed by atoms with Crippen molar-refractivity contribution < 1.29 is 54.9 Å². The second-order valence-corrected chi connectivity index (χ2v) is 10.4. The number of ether oxygens (including phenoxy) is 2. The van der Waals surface area contributed by atoms with Crippen LogP contribution < -0.4 is 9.46 Å². The Balaban J connectivity index is 1.49. The third-order valence-corrected chi connectivity index (χ3v) is 7.86. The van der Waals surface area contributed by atoms with E-state index in [0.717, 1.165) is 12.1 Å². The number of carbonyl (C=O) groups is 1. The van der Waals surface area contributed by atoms with Crippen LogP contribution in [0.1, 0.15) is 27.0 Å². The first-order chi connectivity index (χ1) is 18.8. The van der Waals surface area contributed by atoms with Gasteiger partial charge in [0, 0.05) is 34.5 Å². The van der Waals surface area contributed by atoms with E-state index in [1.807, 2.05) is 0 Å². The molecular formula is C26H12F5NO7S. The Hall–Kier alpha value is -4.85. The van der Waals surface area contributed by atoms with E-state index in [0.29, 0.717) is 0 Å². The molecule has 4 aromatic rings. The molecule has 2 aliphatic heterocycles. The van der Waals surface area contributed by atoms with E-state index in [1.165, 1.54) is 42.5 Å². The normalized spacial score (nSPS) is 14.7. The van der Waals surface area contributed by atoms with Crippen LogP contribution in [0, 0.1) is 29.1 Å². The second-order valence-electron chi connectivity index (χ2n) is 8.80.